The molecule has 4 heteroatoms. The molecule has 0 unspecified atom stereocenters. The third kappa shape index (κ3) is 3.43. The van der Waals surface area contributed by atoms with Gasteiger partial charge in [0.2, 0.25) is 0 Å². The van der Waals surface area contributed by atoms with Gasteiger partial charge in [-0.15, -0.1) is 0 Å². The first-order valence-corrected chi connectivity index (χ1v) is 7.12. The van der Waals surface area contributed by atoms with Crippen LogP contribution in [0.3, 0.4) is 0 Å². The van der Waals surface area contributed by atoms with Crippen LogP contribution in [0.1, 0.15) is 13.8 Å². The van der Waals surface area contributed by atoms with Crippen molar-refractivity contribution in [3.63, 3.8) is 0 Å². The van der Waals surface area contributed by atoms with Gasteiger partial charge < -0.3 is 4.43 Å². The van der Waals surface area contributed by atoms with Gasteiger partial charge in [-0.3, -0.25) is 0 Å². The highest BCUT2D eigenvalue weighted by Gasteiger charge is 2.31. The topological polar surface area (TPSA) is 50.1 Å². The van der Waals surface area contributed by atoms with E-state index in [-0.39, 0.29) is 5.57 Å². The highest BCUT2D eigenvalue weighted by molar-refractivity contribution is 6.74. The lowest BCUT2D eigenvalue weighted by Gasteiger charge is -2.25. The maximum atomic E-state index is 11.2. The largest absolute Gasteiger partial charge is 0.515 e. The first kappa shape index (κ1) is 11.9. The van der Waals surface area contributed by atoms with Crippen LogP contribution in [0.2, 0.25) is 18.6 Å². The standard InChI is InChI=1S/C9H15NO2Si/c1-7(2)13(4,5)12-9(11)8(3)6-10/h7H,3H2,1-2,4-5H3. The summed E-state index contributed by atoms with van der Waals surface area (Å²) >= 11 is 0. The van der Waals surface area contributed by atoms with Crippen LogP contribution in [0.5, 0.6) is 0 Å². The van der Waals surface area contributed by atoms with Crippen molar-refractivity contribution < 1.29 is 9.22 Å². The molecule has 0 fully saturated rings. The fourth-order valence-electron chi connectivity index (χ4n) is 0.464. The number of nitriles is 1. The van der Waals surface area contributed by atoms with Gasteiger partial charge in [-0.25, -0.2) is 4.79 Å². The monoisotopic (exact) mass is 197 g/mol. The lowest BCUT2D eigenvalue weighted by Crippen LogP contribution is -2.36. The van der Waals surface area contributed by atoms with Gasteiger partial charge in [0, 0.05) is 0 Å². The third-order valence-electron chi connectivity index (χ3n) is 2.13. The molecule has 0 amide bonds. The highest BCUT2D eigenvalue weighted by atomic mass is 28.4. The van der Waals surface area contributed by atoms with E-state index in [1.165, 1.54) is 0 Å². The number of carbonyl (C=O) groups excluding carboxylic acids is 1. The van der Waals surface area contributed by atoms with E-state index in [4.69, 9.17) is 9.69 Å². The minimum atomic E-state index is -1.98. The van der Waals surface area contributed by atoms with Crippen molar-refractivity contribution in [3.05, 3.63) is 12.2 Å². The molecule has 0 atom stereocenters. The molecule has 0 aliphatic heterocycles. The van der Waals surface area contributed by atoms with Gasteiger partial charge in [0.1, 0.15) is 11.6 Å². The quantitative estimate of drug-likeness (QED) is 0.396. The molecule has 0 aromatic carbocycles. The Hall–Kier alpha value is -1.08. The Morgan fingerprint density at radius 1 is 1.54 bits per heavy atom. The van der Waals surface area contributed by atoms with E-state index in [1.54, 1.807) is 6.07 Å². The second-order valence-electron chi connectivity index (χ2n) is 3.74. The summed E-state index contributed by atoms with van der Waals surface area (Å²) in [6.45, 7) is 11.2. The fraction of sp³-hybridized carbons (Fsp3) is 0.556. The van der Waals surface area contributed by atoms with Gasteiger partial charge >= 0.3 is 5.97 Å². The van der Waals surface area contributed by atoms with Gasteiger partial charge in [0.25, 0.3) is 8.32 Å². The summed E-state index contributed by atoms with van der Waals surface area (Å²) in [5, 5.41) is 8.41. The minimum Gasteiger partial charge on any atom is -0.515 e. The average Bonchev–Trinajstić information content (AvgIpc) is 2.01. The molecule has 0 aliphatic rings. The van der Waals surface area contributed by atoms with Gasteiger partial charge in [0.05, 0.1) is 0 Å². The first-order chi connectivity index (χ1) is 5.81. The number of carbonyl (C=O) groups is 1. The van der Waals surface area contributed by atoms with Crippen molar-refractivity contribution in [2.45, 2.75) is 32.5 Å². The van der Waals surface area contributed by atoms with E-state index in [2.05, 4.69) is 6.58 Å². The zero-order valence-corrected chi connectivity index (χ0v) is 9.55. The molecule has 0 saturated carbocycles. The number of rotatable bonds is 3. The Labute approximate surface area is 80.1 Å². The van der Waals surface area contributed by atoms with E-state index >= 15 is 0 Å². The Morgan fingerprint density at radius 3 is 2.31 bits per heavy atom. The predicted octanol–water partition coefficient (Wildman–Crippen LogP) is 2.22. The Kier molecular flexibility index (Phi) is 3.88. The molecular formula is C9H15NO2Si. The molecule has 0 spiro atoms. The lowest BCUT2D eigenvalue weighted by atomic mass is 10.4. The van der Waals surface area contributed by atoms with Gasteiger partial charge in [-0.2, -0.15) is 5.26 Å². The van der Waals surface area contributed by atoms with E-state index in [0.717, 1.165) is 0 Å². The summed E-state index contributed by atoms with van der Waals surface area (Å²) in [4.78, 5) is 11.2. The van der Waals surface area contributed by atoms with Crippen LogP contribution < -0.4 is 0 Å². The van der Waals surface area contributed by atoms with Crippen molar-refractivity contribution >= 4 is 14.3 Å². The number of nitrogens with zero attached hydrogens (tertiary/aromatic N) is 1. The summed E-state index contributed by atoms with van der Waals surface area (Å²) in [5.41, 5.74) is 0.212. The third-order valence-corrected chi connectivity index (χ3v) is 5.62. The molecule has 0 aliphatic carbocycles. The van der Waals surface area contributed by atoms with E-state index < -0.39 is 14.3 Å². The zero-order valence-electron chi connectivity index (χ0n) is 8.55. The van der Waals surface area contributed by atoms with E-state index in [1.807, 2.05) is 26.9 Å². The van der Waals surface area contributed by atoms with Crippen LogP contribution >= 0.6 is 0 Å². The summed E-state index contributed by atoms with van der Waals surface area (Å²) in [5.74, 6) is -0.576. The molecule has 0 aromatic rings. The van der Waals surface area contributed by atoms with E-state index in [9.17, 15) is 4.79 Å². The van der Waals surface area contributed by atoms with Gasteiger partial charge in [-0.05, 0) is 18.6 Å². The average molecular weight is 197 g/mol. The molecule has 0 radical (unpaired) electrons. The molecule has 72 valence electrons. The van der Waals surface area contributed by atoms with Gasteiger partial charge in [-0.1, -0.05) is 20.4 Å². The normalized spacial score (nSPS) is 10.8. The van der Waals surface area contributed by atoms with Crippen molar-refractivity contribution in [2.75, 3.05) is 0 Å². The van der Waals surface area contributed by atoms with E-state index in [0.29, 0.717) is 5.54 Å². The molecule has 13 heavy (non-hydrogen) atoms. The zero-order chi connectivity index (χ0) is 10.6. The maximum Gasteiger partial charge on any atom is 0.334 e. The van der Waals surface area contributed by atoms with Crippen LogP contribution in [0, 0.1) is 11.3 Å². The Bertz CT molecular complexity index is 263. The van der Waals surface area contributed by atoms with Crippen molar-refractivity contribution in [3.8, 4) is 6.07 Å². The van der Waals surface area contributed by atoms with Crippen LogP contribution in [0.25, 0.3) is 0 Å². The number of hydrogen-bond acceptors (Lipinski definition) is 3. The van der Waals surface area contributed by atoms with Crippen molar-refractivity contribution in [1.29, 1.82) is 5.26 Å². The molecule has 0 rings (SSSR count). The predicted molar refractivity (Wildman–Crippen MR) is 53.4 cm³/mol. The lowest BCUT2D eigenvalue weighted by molar-refractivity contribution is -0.130. The van der Waals surface area contributed by atoms with Gasteiger partial charge in [0.15, 0.2) is 0 Å². The highest BCUT2D eigenvalue weighted by Crippen LogP contribution is 2.22. The van der Waals surface area contributed by atoms with Crippen LogP contribution in [-0.2, 0) is 9.22 Å². The molecule has 3 nitrogen and oxygen atoms in total. The van der Waals surface area contributed by atoms with Crippen LogP contribution in [-0.4, -0.2) is 14.3 Å². The Balaban J connectivity index is 4.39. The maximum absolute atomic E-state index is 11.2. The molecular weight excluding hydrogens is 182 g/mol. The molecule has 0 saturated heterocycles. The SMILES string of the molecule is C=C(C#N)C(=O)O[Si](C)(C)C(C)C. The van der Waals surface area contributed by atoms with Crippen LogP contribution in [0.15, 0.2) is 12.2 Å². The molecule has 0 bridgehead atoms. The summed E-state index contributed by atoms with van der Waals surface area (Å²) in [7, 11) is -1.98. The van der Waals surface area contributed by atoms with Crippen molar-refractivity contribution in [1.82, 2.24) is 0 Å². The summed E-state index contributed by atoms with van der Waals surface area (Å²) < 4.78 is 5.23. The first-order valence-electron chi connectivity index (χ1n) is 4.13. The van der Waals surface area contributed by atoms with Crippen LogP contribution in [0.4, 0.5) is 0 Å². The Morgan fingerprint density at radius 2 is 2.00 bits per heavy atom. The molecule has 0 heterocycles. The second kappa shape index (κ2) is 4.24. The minimum absolute atomic E-state index is 0.124. The molecule has 0 N–H and O–H groups in total. The van der Waals surface area contributed by atoms with Crippen molar-refractivity contribution in [2.24, 2.45) is 0 Å². The number of hydrogen-bond donors (Lipinski definition) is 0. The smallest absolute Gasteiger partial charge is 0.334 e. The molecule has 0 aromatic heterocycles. The second-order valence-corrected chi connectivity index (χ2v) is 8.30. The fourth-order valence-corrected chi connectivity index (χ4v) is 1.30. The summed E-state index contributed by atoms with van der Waals surface area (Å²) in [6.07, 6.45) is 0. The summed E-state index contributed by atoms with van der Waals surface area (Å²) in [6, 6.07) is 1.68.